The first kappa shape index (κ1) is 60.3. The Kier molecular flexibility index (Phi) is 49.7. The summed E-state index contributed by atoms with van der Waals surface area (Å²) >= 11 is 0. The van der Waals surface area contributed by atoms with E-state index in [-0.39, 0.29) is 0 Å². The molecule has 6 nitrogen and oxygen atoms in total. The van der Waals surface area contributed by atoms with Gasteiger partial charge in [0.05, 0.1) is 18.8 Å². The third-order valence-corrected chi connectivity index (χ3v) is 13.6. The van der Waals surface area contributed by atoms with E-state index in [0.717, 1.165) is 38.5 Å². The fourth-order valence-electron chi connectivity index (χ4n) is 9.17. The Morgan fingerprint density at radius 3 is 0.787 bits per heavy atom. The number of rotatable bonds is 52. The Morgan fingerprint density at radius 2 is 0.557 bits per heavy atom. The highest BCUT2D eigenvalue weighted by molar-refractivity contribution is 5.80. The number of nitrogens with one attached hydrogen (secondary N) is 1. The summed E-state index contributed by atoms with van der Waals surface area (Å²) in [5.74, 6) is -0.576. The van der Waals surface area contributed by atoms with Gasteiger partial charge >= 0.3 is 0 Å². The second kappa shape index (κ2) is 50.3. The van der Waals surface area contributed by atoms with E-state index in [9.17, 15) is 25.2 Å². The molecule has 1 amide bonds. The van der Waals surface area contributed by atoms with Crippen LogP contribution in [0.3, 0.4) is 0 Å². The quantitative estimate of drug-likeness (QED) is 0.0391. The van der Waals surface area contributed by atoms with Gasteiger partial charge < -0.3 is 25.7 Å². The van der Waals surface area contributed by atoms with E-state index < -0.39 is 36.9 Å². The largest absolute Gasteiger partial charge is 0.394 e. The van der Waals surface area contributed by atoms with E-state index in [1.165, 1.54) is 250 Å². The number of aliphatic hydroxyl groups is 4. The number of unbranched alkanes of at least 4 members (excludes halogenated alkanes) is 43. The van der Waals surface area contributed by atoms with Crippen molar-refractivity contribution in [3.8, 4) is 0 Å². The fraction of sp³-hybridized carbons (Fsp3) is 0.982. The summed E-state index contributed by atoms with van der Waals surface area (Å²) < 4.78 is 0. The van der Waals surface area contributed by atoms with Crippen LogP contribution in [0.2, 0.25) is 0 Å². The summed E-state index contributed by atoms with van der Waals surface area (Å²) in [6, 6.07) is -0.980. The van der Waals surface area contributed by atoms with Crippen molar-refractivity contribution in [2.75, 3.05) is 6.61 Å². The van der Waals surface area contributed by atoms with Crippen molar-refractivity contribution in [2.24, 2.45) is 0 Å². The molecule has 0 heterocycles. The minimum atomic E-state index is -1.25. The maximum absolute atomic E-state index is 12.6. The van der Waals surface area contributed by atoms with Crippen molar-refractivity contribution in [2.45, 2.75) is 340 Å². The highest BCUT2D eigenvalue weighted by atomic mass is 16.3. The van der Waals surface area contributed by atoms with Gasteiger partial charge in [-0.05, 0) is 12.8 Å². The highest BCUT2D eigenvalue weighted by Crippen LogP contribution is 2.19. The zero-order valence-corrected chi connectivity index (χ0v) is 41.4. The van der Waals surface area contributed by atoms with Gasteiger partial charge in [0.15, 0.2) is 0 Å². The molecule has 0 rings (SSSR count). The molecular weight excluding hydrogens is 755 g/mol. The van der Waals surface area contributed by atoms with Gasteiger partial charge in [-0.2, -0.15) is 0 Å². The molecule has 0 aliphatic carbocycles. The summed E-state index contributed by atoms with van der Waals surface area (Å²) in [4.78, 5) is 12.6. The van der Waals surface area contributed by atoms with Crippen LogP contribution in [0.5, 0.6) is 0 Å². The summed E-state index contributed by atoms with van der Waals surface area (Å²) in [7, 11) is 0. The molecule has 6 heteroatoms. The topological polar surface area (TPSA) is 110 Å². The standard InChI is InChI=1S/C55H111NO5/c1-3-5-7-9-11-13-15-17-19-21-23-25-26-27-29-30-32-34-36-38-40-42-44-46-48-52(58)54(60)51(50-57)56-55(61)53(59)49-47-45-43-41-39-37-35-33-31-28-24-22-20-18-16-14-12-10-8-6-4-2/h51-54,57-60H,3-50H2,1-2H3,(H,56,61). The Labute approximate surface area is 381 Å². The first-order valence-corrected chi connectivity index (χ1v) is 27.9. The molecule has 4 atom stereocenters. The monoisotopic (exact) mass is 866 g/mol. The summed E-state index contributed by atoms with van der Waals surface area (Å²) in [5, 5.41) is 44.0. The molecule has 0 spiro atoms. The average Bonchev–Trinajstić information content (AvgIpc) is 3.26. The molecule has 0 aromatic heterocycles. The van der Waals surface area contributed by atoms with Crippen LogP contribution in [-0.4, -0.2) is 57.3 Å². The third-order valence-electron chi connectivity index (χ3n) is 13.6. The maximum atomic E-state index is 12.6. The summed E-state index contributed by atoms with van der Waals surface area (Å²) in [6.07, 6.45) is 57.4. The third kappa shape index (κ3) is 44.3. The number of carbonyl (C=O) groups is 1. The molecule has 0 aromatic carbocycles. The molecule has 0 saturated carbocycles. The van der Waals surface area contributed by atoms with Gasteiger partial charge in [-0.15, -0.1) is 0 Å². The van der Waals surface area contributed by atoms with Crippen LogP contribution in [0.15, 0.2) is 0 Å². The van der Waals surface area contributed by atoms with Crippen LogP contribution in [0.4, 0.5) is 0 Å². The van der Waals surface area contributed by atoms with Crippen LogP contribution >= 0.6 is 0 Å². The normalized spacial score (nSPS) is 13.7. The fourth-order valence-corrected chi connectivity index (χ4v) is 9.17. The minimum Gasteiger partial charge on any atom is -0.394 e. The lowest BCUT2D eigenvalue weighted by Gasteiger charge is -2.27. The van der Waals surface area contributed by atoms with Crippen LogP contribution in [-0.2, 0) is 4.79 Å². The maximum Gasteiger partial charge on any atom is 0.249 e. The number of amides is 1. The predicted octanol–water partition coefficient (Wildman–Crippen LogP) is 15.9. The molecule has 0 radical (unpaired) electrons. The lowest BCUT2D eigenvalue weighted by molar-refractivity contribution is -0.132. The van der Waals surface area contributed by atoms with Crippen molar-refractivity contribution in [1.82, 2.24) is 5.32 Å². The average molecular weight is 866 g/mol. The van der Waals surface area contributed by atoms with Gasteiger partial charge in [0.2, 0.25) is 5.91 Å². The first-order chi connectivity index (χ1) is 30.0. The Bertz CT molecular complexity index is 841. The van der Waals surface area contributed by atoms with E-state index in [1.54, 1.807) is 0 Å². The number of hydrogen-bond donors (Lipinski definition) is 5. The molecular formula is C55H111NO5. The zero-order valence-electron chi connectivity index (χ0n) is 41.4. The van der Waals surface area contributed by atoms with E-state index in [0.29, 0.717) is 12.8 Å². The van der Waals surface area contributed by atoms with E-state index >= 15 is 0 Å². The van der Waals surface area contributed by atoms with Gasteiger partial charge in [0.25, 0.3) is 0 Å². The van der Waals surface area contributed by atoms with E-state index in [2.05, 4.69) is 19.2 Å². The van der Waals surface area contributed by atoms with Crippen LogP contribution in [0.1, 0.15) is 316 Å². The van der Waals surface area contributed by atoms with Crippen molar-refractivity contribution in [3.63, 3.8) is 0 Å². The number of aliphatic hydroxyl groups excluding tert-OH is 4. The number of carbonyl (C=O) groups excluding carboxylic acids is 1. The molecule has 0 fully saturated rings. The molecule has 0 aliphatic heterocycles. The smallest absolute Gasteiger partial charge is 0.249 e. The van der Waals surface area contributed by atoms with Gasteiger partial charge in [-0.25, -0.2) is 0 Å². The summed E-state index contributed by atoms with van der Waals surface area (Å²) in [5.41, 5.74) is 0. The SMILES string of the molecule is CCCCCCCCCCCCCCCCCCCCCCCCCCC(O)C(O)C(CO)NC(=O)C(O)CCCCCCCCCCCCCCCCCCCCCCC. The van der Waals surface area contributed by atoms with Gasteiger partial charge in [0.1, 0.15) is 12.2 Å². The molecule has 5 N–H and O–H groups in total. The molecule has 366 valence electrons. The summed E-state index contributed by atoms with van der Waals surface area (Å²) in [6.45, 7) is 4.10. The van der Waals surface area contributed by atoms with Gasteiger partial charge in [0, 0.05) is 0 Å². The van der Waals surface area contributed by atoms with Crippen molar-refractivity contribution in [3.05, 3.63) is 0 Å². The minimum absolute atomic E-state index is 0.376. The van der Waals surface area contributed by atoms with Crippen LogP contribution in [0, 0.1) is 0 Å². The molecule has 0 aliphatic rings. The number of hydrogen-bond acceptors (Lipinski definition) is 5. The predicted molar refractivity (Wildman–Crippen MR) is 265 cm³/mol. The van der Waals surface area contributed by atoms with Crippen LogP contribution in [0.25, 0.3) is 0 Å². The second-order valence-corrected chi connectivity index (χ2v) is 19.7. The van der Waals surface area contributed by atoms with Crippen molar-refractivity contribution in [1.29, 1.82) is 0 Å². The molecule has 61 heavy (non-hydrogen) atoms. The lowest BCUT2D eigenvalue weighted by Crippen LogP contribution is -2.53. The lowest BCUT2D eigenvalue weighted by atomic mass is 9.99. The van der Waals surface area contributed by atoms with Gasteiger partial charge in [-0.3, -0.25) is 4.79 Å². The Morgan fingerprint density at radius 1 is 0.344 bits per heavy atom. The Hall–Kier alpha value is -0.690. The molecule has 0 bridgehead atoms. The van der Waals surface area contributed by atoms with Gasteiger partial charge in [-0.1, -0.05) is 303 Å². The second-order valence-electron chi connectivity index (χ2n) is 19.7. The first-order valence-electron chi connectivity index (χ1n) is 27.9. The Balaban J connectivity index is 3.59. The van der Waals surface area contributed by atoms with E-state index in [1.807, 2.05) is 0 Å². The van der Waals surface area contributed by atoms with Crippen molar-refractivity contribution < 1.29 is 25.2 Å². The molecule has 4 unspecified atom stereocenters. The highest BCUT2D eigenvalue weighted by Gasteiger charge is 2.28. The molecule has 0 saturated heterocycles. The molecule has 0 aromatic rings. The zero-order chi connectivity index (χ0) is 44.5. The van der Waals surface area contributed by atoms with Crippen LogP contribution < -0.4 is 5.32 Å². The van der Waals surface area contributed by atoms with E-state index in [4.69, 9.17) is 0 Å². The van der Waals surface area contributed by atoms with Crippen molar-refractivity contribution >= 4 is 5.91 Å².